The molecule has 3 heterocycles. The number of aromatic nitrogens is 1. The monoisotopic (exact) mass is 466 g/mol. The quantitative estimate of drug-likeness (QED) is 0.652. The Kier molecular flexibility index (Phi) is 6.52. The van der Waals surface area contributed by atoms with E-state index in [1.54, 1.807) is 11.8 Å². The van der Waals surface area contributed by atoms with Gasteiger partial charge in [-0.05, 0) is 80.0 Å². The number of carbonyl (C=O) groups is 1. The summed E-state index contributed by atoms with van der Waals surface area (Å²) >= 11 is 1.80. The number of rotatable bonds is 6. The van der Waals surface area contributed by atoms with E-state index >= 15 is 0 Å². The van der Waals surface area contributed by atoms with E-state index in [1.165, 1.54) is 31.2 Å². The Morgan fingerprint density at radius 3 is 2.70 bits per heavy atom. The van der Waals surface area contributed by atoms with Gasteiger partial charge in [-0.25, -0.2) is 4.98 Å². The van der Waals surface area contributed by atoms with E-state index in [0.29, 0.717) is 23.3 Å². The number of nitrogens with zero attached hydrogens (tertiary/aromatic N) is 3. The number of hydrogen-bond acceptors (Lipinski definition) is 6. The molecule has 7 heteroatoms. The van der Waals surface area contributed by atoms with Gasteiger partial charge < -0.3 is 20.2 Å². The van der Waals surface area contributed by atoms with Gasteiger partial charge in [0.1, 0.15) is 11.6 Å². The molecule has 176 valence electrons. The first-order valence-electron chi connectivity index (χ1n) is 12.1. The molecule has 1 unspecified atom stereocenters. The standard InChI is InChI=1S/C26H34N4O2S/c1-33-18-19-7-8-21(22(16-19)29-14-11-26(9-10-26)12-15-29)25(32)28-23-5-2-6-24(27-23)30-13-3-4-20(31)17-30/h2,5-8,16,20,31H,3-4,9-15,17-18H2,1H3,(H,27,28,32). The summed E-state index contributed by atoms with van der Waals surface area (Å²) < 4.78 is 0. The molecule has 1 amide bonds. The van der Waals surface area contributed by atoms with Crippen LogP contribution in [0.2, 0.25) is 0 Å². The summed E-state index contributed by atoms with van der Waals surface area (Å²) in [5, 5.41) is 13.0. The van der Waals surface area contributed by atoms with Crippen molar-refractivity contribution in [3.05, 3.63) is 47.5 Å². The van der Waals surface area contributed by atoms with Gasteiger partial charge in [-0.2, -0.15) is 11.8 Å². The van der Waals surface area contributed by atoms with Crippen LogP contribution in [0.15, 0.2) is 36.4 Å². The number of aliphatic hydroxyl groups is 1. The number of β-amino-alcohol motifs (C(OH)–C–C–N with tert-alkyl or cyclic N) is 1. The van der Waals surface area contributed by atoms with Crippen LogP contribution in [-0.4, -0.2) is 54.5 Å². The fourth-order valence-electron chi connectivity index (χ4n) is 5.20. The normalized spacial score (nSPS) is 21.8. The van der Waals surface area contributed by atoms with E-state index in [2.05, 4.69) is 38.5 Å². The predicted molar refractivity (Wildman–Crippen MR) is 136 cm³/mol. The average Bonchev–Trinajstić information content (AvgIpc) is 3.58. The van der Waals surface area contributed by atoms with E-state index in [-0.39, 0.29) is 12.0 Å². The highest BCUT2D eigenvalue weighted by atomic mass is 32.2. The minimum absolute atomic E-state index is 0.115. The molecule has 0 bridgehead atoms. The number of thioether (sulfide) groups is 1. The molecular weight excluding hydrogens is 432 g/mol. The first kappa shape index (κ1) is 22.5. The van der Waals surface area contributed by atoms with Gasteiger partial charge in [0, 0.05) is 37.6 Å². The lowest BCUT2D eigenvalue weighted by Gasteiger charge is -2.35. The lowest BCUT2D eigenvalue weighted by molar-refractivity contribution is 0.102. The average molecular weight is 467 g/mol. The lowest BCUT2D eigenvalue weighted by atomic mass is 9.92. The number of carbonyl (C=O) groups excluding carboxylic acids is 1. The number of amides is 1. The summed E-state index contributed by atoms with van der Waals surface area (Å²) in [4.78, 5) is 22.6. The molecule has 2 aliphatic heterocycles. The summed E-state index contributed by atoms with van der Waals surface area (Å²) in [6.07, 6.45) is 8.77. The molecular formula is C26H34N4O2S. The maximum Gasteiger partial charge on any atom is 0.258 e. The Balaban J connectivity index is 1.35. The van der Waals surface area contributed by atoms with Crippen LogP contribution < -0.4 is 15.1 Å². The molecule has 6 nitrogen and oxygen atoms in total. The molecule has 2 aromatic rings. The lowest BCUT2D eigenvalue weighted by Crippen LogP contribution is -2.38. The Morgan fingerprint density at radius 2 is 1.97 bits per heavy atom. The zero-order valence-electron chi connectivity index (χ0n) is 19.4. The van der Waals surface area contributed by atoms with E-state index in [1.807, 2.05) is 24.3 Å². The van der Waals surface area contributed by atoms with Crippen molar-refractivity contribution in [1.82, 2.24) is 4.98 Å². The fourth-order valence-corrected chi connectivity index (χ4v) is 5.71. The van der Waals surface area contributed by atoms with Crippen molar-refractivity contribution in [3.8, 4) is 0 Å². The second-order valence-electron chi connectivity index (χ2n) is 9.85. The van der Waals surface area contributed by atoms with E-state index in [9.17, 15) is 9.90 Å². The molecule has 1 saturated carbocycles. The molecule has 2 saturated heterocycles. The number of aliphatic hydroxyl groups excluding tert-OH is 1. The van der Waals surface area contributed by atoms with Crippen LogP contribution in [0.1, 0.15) is 54.4 Å². The molecule has 1 aliphatic carbocycles. The highest BCUT2D eigenvalue weighted by Gasteiger charge is 2.44. The Hall–Kier alpha value is -2.25. The van der Waals surface area contributed by atoms with Crippen molar-refractivity contribution in [2.45, 2.75) is 50.4 Å². The van der Waals surface area contributed by atoms with Gasteiger partial charge in [-0.3, -0.25) is 4.79 Å². The molecule has 1 atom stereocenters. The third-order valence-electron chi connectivity index (χ3n) is 7.44. The van der Waals surface area contributed by atoms with Crippen molar-refractivity contribution in [3.63, 3.8) is 0 Å². The summed E-state index contributed by atoms with van der Waals surface area (Å²) in [6, 6.07) is 11.9. The van der Waals surface area contributed by atoms with Crippen LogP contribution in [0.4, 0.5) is 17.3 Å². The molecule has 33 heavy (non-hydrogen) atoms. The topological polar surface area (TPSA) is 68.7 Å². The van der Waals surface area contributed by atoms with Gasteiger partial charge in [0.15, 0.2) is 0 Å². The van der Waals surface area contributed by atoms with Gasteiger partial charge in [-0.1, -0.05) is 12.1 Å². The highest BCUT2D eigenvalue weighted by molar-refractivity contribution is 7.97. The number of pyridine rings is 1. The van der Waals surface area contributed by atoms with Crippen LogP contribution in [0.5, 0.6) is 0 Å². The first-order chi connectivity index (χ1) is 16.0. The Labute approximate surface area is 200 Å². The Bertz CT molecular complexity index is 1000. The minimum atomic E-state index is -0.319. The second-order valence-corrected chi connectivity index (χ2v) is 10.7. The van der Waals surface area contributed by atoms with Crippen molar-refractivity contribution in [2.24, 2.45) is 5.41 Å². The molecule has 5 rings (SSSR count). The second kappa shape index (κ2) is 9.55. The number of benzene rings is 1. The number of piperidine rings is 2. The summed E-state index contributed by atoms with van der Waals surface area (Å²) in [5.74, 6) is 2.17. The minimum Gasteiger partial charge on any atom is -0.391 e. The number of hydrogen-bond donors (Lipinski definition) is 2. The SMILES string of the molecule is CSCc1ccc(C(=O)Nc2cccc(N3CCCC(O)C3)n2)c(N2CCC3(CC2)CC3)c1. The van der Waals surface area contributed by atoms with Gasteiger partial charge in [0.05, 0.1) is 11.7 Å². The predicted octanol–water partition coefficient (Wildman–Crippen LogP) is 4.54. The third-order valence-corrected chi connectivity index (χ3v) is 8.06. The van der Waals surface area contributed by atoms with Crippen LogP contribution in [0, 0.1) is 5.41 Å². The number of anilines is 3. The molecule has 1 aromatic heterocycles. The van der Waals surface area contributed by atoms with Crippen LogP contribution >= 0.6 is 11.8 Å². The van der Waals surface area contributed by atoms with Gasteiger partial charge >= 0.3 is 0 Å². The van der Waals surface area contributed by atoms with Gasteiger partial charge in [-0.15, -0.1) is 0 Å². The third kappa shape index (κ3) is 5.14. The van der Waals surface area contributed by atoms with Crippen molar-refractivity contribution < 1.29 is 9.90 Å². The van der Waals surface area contributed by atoms with E-state index in [4.69, 9.17) is 0 Å². The number of nitrogens with one attached hydrogen (secondary N) is 1. The first-order valence-corrected chi connectivity index (χ1v) is 13.5. The zero-order chi connectivity index (χ0) is 22.8. The molecule has 3 aliphatic rings. The van der Waals surface area contributed by atoms with E-state index < -0.39 is 0 Å². The Morgan fingerprint density at radius 1 is 1.15 bits per heavy atom. The largest absolute Gasteiger partial charge is 0.391 e. The smallest absolute Gasteiger partial charge is 0.258 e. The summed E-state index contributed by atoms with van der Waals surface area (Å²) in [7, 11) is 0. The highest BCUT2D eigenvalue weighted by Crippen LogP contribution is 2.54. The maximum absolute atomic E-state index is 13.4. The summed E-state index contributed by atoms with van der Waals surface area (Å²) in [5.41, 5.74) is 3.61. The molecule has 1 aromatic carbocycles. The van der Waals surface area contributed by atoms with Crippen molar-refractivity contribution in [1.29, 1.82) is 0 Å². The van der Waals surface area contributed by atoms with Crippen LogP contribution in [-0.2, 0) is 5.75 Å². The zero-order valence-corrected chi connectivity index (χ0v) is 20.2. The molecule has 1 spiro atoms. The van der Waals surface area contributed by atoms with Crippen molar-refractivity contribution >= 4 is 35.0 Å². The van der Waals surface area contributed by atoms with Crippen LogP contribution in [0.3, 0.4) is 0 Å². The van der Waals surface area contributed by atoms with Crippen LogP contribution in [0.25, 0.3) is 0 Å². The van der Waals surface area contributed by atoms with Gasteiger partial charge in [0.25, 0.3) is 5.91 Å². The van der Waals surface area contributed by atoms with Gasteiger partial charge in [0.2, 0.25) is 0 Å². The summed E-state index contributed by atoms with van der Waals surface area (Å²) in [6.45, 7) is 3.50. The maximum atomic E-state index is 13.4. The fraction of sp³-hybridized carbons (Fsp3) is 0.538. The van der Waals surface area contributed by atoms with Crippen molar-refractivity contribution in [2.75, 3.05) is 47.6 Å². The molecule has 0 radical (unpaired) electrons. The molecule has 2 N–H and O–H groups in total. The van der Waals surface area contributed by atoms with E-state index in [0.717, 1.165) is 49.7 Å². The molecule has 3 fully saturated rings.